The van der Waals surface area contributed by atoms with Crippen LogP contribution in [0.5, 0.6) is 5.75 Å². The van der Waals surface area contributed by atoms with Crippen molar-refractivity contribution in [2.75, 3.05) is 0 Å². The maximum absolute atomic E-state index is 15.1. The molecule has 0 aliphatic carbocycles. The number of ether oxygens (including phenoxy) is 1. The average Bonchev–Trinajstić information content (AvgIpc) is 2.73. The van der Waals surface area contributed by atoms with Crippen molar-refractivity contribution < 1.29 is 18.3 Å². The number of esters is 1. The Hall–Kier alpha value is -3.78. The fourth-order valence-electron chi connectivity index (χ4n) is 3.35. The molecule has 0 spiro atoms. The Kier molecular flexibility index (Phi) is 4.69. The second-order valence-electron chi connectivity index (χ2n) is 6.64. The molecular weight excluding hydrogens is 372 g/mol. The van der Waals surface area contributed by atoms with Crippen molar-refractivity contribution >= 4 is 27.5 Å². The van der Waals surface area contributed by atoms with Gasteiger partial charge in [-0.2, -0.15) is 5.26 Å². The number of nitriles is 1. The number of carbonyl (C=O) groups excluding carboxylic acids is 1. The smallest absolute Gasteiger partial charge is 0.346 e. The van der Waals surface area contributed by atoms with Crippen LogP contribution in [0, 0.1) is 23.0 Å². The molecular formula is C24H15F2NO2. The molecule has 0 saturated heterocycles. The molecule has 0 atom stereocenters. The van der Waals surface area contributed by atoms with E-state index in [-0.39, 0.29) is 16.9 Å². The number of fused-ring (bicyclic) bond motifs is 3. The minimum Gasteiger partial charge on any atom is -0.423 e. The fourth-order valence-corrected chi connectivity index (χ4v) is 3.35. The monoisotopic (exact) mass is 387 g/mol. The van der Waals surface area contributed by atoms with Gasteiger partial charge >= 0.3 is 5.97 Å². The molecule has 4 aromatic carbocycles. The van der Waals surface area contributed by atoms with E-state index in [1.807, 2.05) is 18.2 Å². The molecule has 5 heteroatoms. The molecule has 0 aliphatic heterocycles. The summed E-state index contributed by atoms with van der Waals surface area (Å²) in [5.41, 5.74) is 0.777. The summed E-state index contributed by atoms with van der Waals surface area (Å²) in [5, 5.41) is 11.7. The van der Waals surface area contributed by atoms with Crippen molar-refractivity contribution in [2.24, 2.45) is 0 Å². The fraction of sp³-hybridized carbons (Fsp3) is 0.0833. The lowest BCUT2D eigenvalue weighted by molar-refractivity contribution is 0.0730. The number of halogens is 2. The second-order valence-corrected chi connectivity index (χ2v) is 6.64. The van der Waals surface area contributed by atoms with Crippen LogP contribution in [0.1, 0.15) is 28.4 Å². The van der Waals surface area contributed by atoms with Crippen LogP contribution < -0.4 is 4.74 Å². The Morgan fingerprint density at radius 2 is 1.72 bits per heavy atom. The highest BCUT2D eigenvalue weighted by Crippen LogP contribution is 2.30. The molecule has 0 aliphatic rings. The predicted octanol–water partition coefficient (Wildman–Crippen LogP) is 5.92. The molecule has 0 fully saturated rings. The third kappa shape index (κ3) is 3.30. The molecule has 3 nitrogen and oxygen atoms in total. The third-order valence-corrected chi connectivity index (χ3v) is 4.92. The zero-order valence-electron chi connectivity index (χ0n) is 15.5. The first-order valence-corrected chi connectivity index (χ1v) is 9.07. The van der Waals surface area contributed by atoms with Gasteiger partial charge in [0, 0.05) is 11.5 Å². The van der Waals surface area contributed by atoms with Gasteiger partial charge < -0.3 is 4.74 Å². The normalized spacial score (nSPS) is 10.8. The van der Waals surface area contributed by atoms with Crippen molar-refractivity contribution in [3.63, 3.8) is 0 Å². The SMILES string of the molecule is CCc1ccc2c(ccc3c(F)c(C(=O)Oc4ccc(C#N)c(F)c4)ccc32)c1. The average molecular weight is 387 g/mol. The number of rotatable bonds is 3. The van der Waals surface area contributed by atoms with Crippen molar-refractivity contribution in [3.05, 3.63) is 89.0 Å². The Morgan fingerprint density at radius 1 is 0.966 bits per heavy atom. The lowest BCUT2D eigenvalue weighted by Gasteiger charge is -2.10. The van der Waals surface area contributed by atoms with Gasteiger partial charge in [-0.3, -0.25) is 0 Å². The predicted molar refractivity (Wildman–Crippen MR) is 107 cm³/mol. The first-order valence-electron chi connectivity index (χ1n) is 9.07. The summed E-state index contributed by atoms with van der Waals surface area (Å²) in [6, 6.07) is 17.6. The third-order valence-electron chi connectivity index (χ3n) is 4.92. The minimum atomic E-state index is -0.935. The Balaban J connectivity index is 1.73. The van der Waals surface area contributed by atoms with Gasteiger partial charge in [0.2, 0.25) is 0 Å². The summed E-state index contributed by atoms with van der Waals surface area (Å²) in [6.45, 7) is 2.07. The summed E-state index contributed by atoms with van der Waals surface area (Å²) >= 11 is 0. The zero-order valence-corrected chi connectivity index (χ0v) is 15.5. The molecule has 4 aromatic rings. The highest BCUT2D eigenvalue weighted by Gasteiger charge is 2.18. The number of hydrogen-bond acceptors (Lipinski definition) is 3. The van der Waals surface area contributed by atoms with Gasteiger partial charge in [-0.15, -0.1) is 0 Å². The van der Waals surface area contributed by atoms with E-state index in [1.54, 1.807) is 18.2 Å². The second kappa shape index (κ2) is 7.33. The summed E-state index contributed by atoms with van der Waals surface area (Å²) in [7, 11) is 0. The van der Waals surface area contributed by atoms with Crippen LogP contribution in [0.15, 0.2) is 60.7 Å². The summed E-state index contributed by atoms with van der Waals surface area (Å²) < 4.78 is 33.9. The van der Waals surface area contributed by atoms with Crippen LogP contribution in [-0.2, 0) is 6.42 Å². The first kappa shape index (κ1) is 18.6. The van der Waals surface area contributed by atoms with Gasteiger partial charge in [0.1, 0.15) is 23.5 Å². The van der Waals surface area contributed by atoms with Crippen LogP contribution in [0.25, 0.3) is 21.5 Å². The van der Waals surface area contributed by atoms with E-state index in [0.717, 1.165) is 23.3 Å². The van der Waals surface area contributed by atoms with Crippen LogP contribution in [-0.4, -0.2) is 5.97 Å². The Bertz CT molecular complexity index is 1320. The first-order chi connectivity index (χ1) is 14.0. The van der Waals surface area contributed by atoms with Crippen LogP contribution >= 0.6 is 0 Å². The van der Waals surface area contributed by atoms with Crippen molar-refractivity contribution in [2.45, 2.75) is 13.3 Å². The van der Waals surface area contributed by atoms with Gasteiger partial charge in [-0.1, -0.05) is 43.3 Å². The molecule has 0 saturated carbocycles. The van der Waals surface area contributed by atoms with Gasteiger partial charge in [-0.25, -0.2) is 13.6 Å². The van der Waals surface area contributed by atoms with E-state index in [4.69, 9.17) is 10.00 Å². The van der Waals surface area contributed by atoms with E-state index >= 15 is 4.39 Å². The largest absolute Gasteiger partial charge is 0.423 e. The summed E-state index contributed by atoms with van der Waals surface area (Å²) in [6.07, 6.45) is 0.906. The number of carbonyl (C=O) groups is 1. The number of aryl methyl sites for hydroxylation is 1. The van der Waals surface area contributed by atoms with E-state index in [9.17, 15) is 9.18 Å². The van der Waals surface area contributed by atoms with E-state index in [0.29, 0.717) is 10.8 Å². The van der Waals surface area contributed by atoms with E-state index < -0.39 is 17.6 Å². The quantitative estimate of drug-likeness (QED) is 0.249. The lowest BCUT2D eigenvalue weighted by atomic mass is 9.97. The molecule has 0 bridgehead atoms. The molecule has 0 N–H and O–H groups in total. The molecule has 142 valence electrons. The molecule has 0 heterocycles. The molecule has 0 radical (unpaired) electrons. The number of nitrogens with zero attached hydrogens (tertiary/aromatic N) is 1. The van der Waals surface area contributed by atoms with Crippen molar-refractivity contribution in [1.29, 1.82) is 5.26 Å². The lowest BCUT2D eigenvalue weighted by Crippen LogP contribution is -2.11. The molecule has 0 aromatic heterocycles. The Morgan fingerprint density at radius 3 is 2.45 bits per heavy atom. The van der Waals surface area contributed by atoms with Gasteiger partial charge in [0.15, 0.2) is 0 Å². The molecule has 4 rings (SSSR count). The standard InChI is InChI=1S/C24H15F2NO2/c1-2-14-3-7-18-15(11-14)5-8-20-19(18)9-10-21(23(20)26)24(28)29-17-6-4-16(13-27)22(25)12-17/h3-12H,2H2,1H3. The van der Waals surface area contributed by atoms with E-state index in [2.05, 4.69) is 13.0 Å². The minimum absolute atomic E-state index is 0.100. The molecule has 0 unspecified atom stereocenters. The summed E-state index contributed by atoms with van der Waals surface area (Å²) in [5.74, 6) is -2.54. The number of hydrogen-bond donors (Lipinski definition) is 0. The highest BCUT2D eigenvalue weighted by molar-refractivity contribution is 6.09. The Labute approximate surface area is 165 Å². The molecule has 29 heavy (non-hydrogen) atoms. The van der Waals surface area contributed by atoms with Gasteiger partial charge in [0.05, 0.1) is 11.1 Å². The van der Waals surface area contributed by atoms with Gasteiger partial charge in [0.25, 0.3) is 0 Å². The topological polar surface area (TPSA) is 50.1 Å². The highest BCUT2D eigenvalue weighted by atomic mass is 19.1. The van der Waals surface area contributed by atoms with Crippen LogP contribution in [0.2, 0.25) is 0 Å². The maximum Gasteiger partial charge on any atom is 0.346 e. The van der Waals surface area contributed by atoms with Crippen molar-refractivity contribution in [3.8, 4) is 11.8 Å². The zero-order chi connectivity index (χ0) is 20.5. The molecule has 0 amide bonds. The number of benzene rings is 4. The maximum atomic E-state index is 15.1. The van der Waals surface area contributed by atoms with Crippen LogP contribution in [0.4, 0.5) is 8.78 Å². The summed E-state index contributed by atoms with van der Waals surface area (Å²) in [4.78, 5) is 12.4. The van der Waals surface area contributed by atoms with Crippen molar-refractivity contribution in [1.82, 2.24) is 0 Å². The van der Waals surface area contributed by atoms with Crippen LogP contribution in [0.3, 0.4) is 0 Å². The van der Waals surface area contributed by atoms with Gasteiger partial charge in [-0.05, 0) is 46.3 Å². The van der Waals surface area contributed by atoms with E-state index in [1.165, 1.54) is 23.8 Å².